The van der Waals surface area contributed by atoms with E-state index in [1.54, 1.807) is 0 Å². The van der Waals surface area contributed by atoms with Crippen LogP contribution in [0.1, 0.15) is 26.7 Å². The van der Waals surface area contributed by atoms with E-state index in [1.165, 1.54) is 0 Å². The molecule has 0 aromatic heterocycles. The molecule has 0 heterocycles. The maximum atomic E-state index is 10.9. The Bertz CT molecular complexity index is 205. The molecule has 0 saturated carbocycles. The molecule has 0 saturated heterocycles. The second-order valence-electron chi connectivity index (χ2n) is 3.04. The number of Topliss-reactive ketones (excluding diaryl/α,β-unsaturated/α-hetero) is 2. The summed E-state index contributed by atoms with van der Waals surface area (Å²) in [6, 6.07) is 0. The van der Waals surface area contributed by atoms with Crippen molar-refractivity contribution in [2.45, 2.75) is 26.7 Å². The molecule has 0 unspecified atom stereocenters. The number of carbonyl (C=O) groups excluding carboxylic acids is 2. The summed E-state index contributed by atoms with van der Waals surface area (Å²) in [6.45, 7) is 3.67. The third-order valence-corrected chi connectivity index (χ3v) is 1.23. The molecule has 0 radical (unpaired) electrons. The summed E-state index contributed by atoms with van der Waals surface area (Å²) in [6.07, 6.45) is -0.216. The molecule has 0 spiro atoms. The molecule has 12 heavy (non-hydrogen) atoms. The molecule has 4 heteroatoms. The van der Waals surface area contributed by atoms with Gasteiger partial charge in [0.25, 0.3) is 0 Å². The van der Waals surface area contributed by atoms with Gasteiger partial charge in [-0.05, 0) is 5.92 Å². The number of hydrogen-bond donors (Lipinski definition) is 1. The lowest BCUT2D eigenvalue weighted by Crippen LogP contribution is -2.17. The molecule has 0 bridgehead atoms. The second kappa shape index (κ2) is 4.64. The second-order valence-corrected chi connectivity index (χ2v) is 3.04. The van der Waals surface area contributed by atoms with Crippen molar-refractivity contribution >= 4 is 17.5 Å². The zero-order chi connectivity index (χ0) is 9.72. The van der Waals surface area contributed by atoms with E-state index in [-0.39, 0.29) is 18.1 Å². The Morgan fingerprint density at radius 1 is 1.25 bits per heavy atom. The van der Waals surface area contributed by atoms with Gasteiger partial charge >= 0.3 is 5.97 Å². The Kier molecular flexibility index (Phi) is 4.18. The van der Waals surface area contributed by atoms with Crippen LogP contribution in [0.15, 0.2) is 0 Å². The van der Waals surface area contributed by atoms with Gasteiger partial charge in [-0.3, -0.25) is 9.59 Å². The highest BCUT2D eigenvalue weighted by atomic mass is 16.4. The highest BCUT2D eigenvalue weighted by molar-refractivity contribution is 6.36. The van der Waals surface area contributed by atoms with E-state index in [1.807, 2.05) is 13.8 Å². The monoisotopic (exact) mass is 172 g/mol. The molecule has 0 atom stereocenters. The molecule has 4 nitrogen and oxygen atoms in total. The van der Waals surface area contributed by atoms with Gasteiger partial charge in [-0.15, -0.1) is 0 Å². The molecule has 1 N–H and O–H groups in total. The van der Waals surface area contributed by atoms with Crippen molar-refractivity contribution < 1.29 is 19.5 Å². The third-order valence-electron chi connectivity index (χ3n) is 1.23. The van der Waals surface area contributed by atoms with Crippen molar-refractivity contribution in [3.8, 4) is 0 Å². The van der Waals surface area contributed by atoms with Crippen LogP contribution in [-0.2, 0) is 14.4 Å². The zero-order valence-electron chi connectivity index (χ0n) is 7.16. The molecule has 0 aliphatic carbocycles. The van der Waals surface area contributed by atoms with E-state index in [2.05, 4.69) is 0 Å². The van der Waals surface area contributed by atoms with Crippen LogP contribution in [0.3, 0.4) is 0 Å². The van der Waals surface area contributed by atoms with Crippen LogP contribution in [0, 0.1) is 5.92 Å². The van der Waals surface area contributed by atoms with Gasteiger partial charge in [-0.25, -0.2) is 4.79 Å². The third kappa shape index (κ3) is 4.60. The van der Waals surface area contributed by atoms with Crippen LogP contribution < -0.4 is 0 Å². The van der Waals surface area contributed by atoms with Crippen molar-refractivity contribution in [1.82, 2.24) is 0 Å². The first-order chi connectivity index (χ1) is 5.43. The molecule has 0 amide bonds. The first-order valence-electron chi connectivity index (χ1n) is 3.71. The van der Waals surface area contributed by atoms with Crippen LogP contribution in [-0.4, -0.2) is 22.6 Å². The molecule has 68 valence electrons. The minimum absolute atomic E-state index is 0.166. The highest BCUT2D eigenvalue weighted by Crippen LogP contribution is 2.02. The van der Waals surface area contributed by atoms with Crippen LogP contribution in [0.4, 0.5) is 0 Å². The van der Waals surface area contributed by atoms with Crippen LogP contribution in [0.2, 0.25) is 0 Å². The Balaban J connectivity index is 3.85. The van der Waals surface area contributed by atoms with E-state index in [9.17, 15) is 14.4 Å². The number of ketones is 2. The summed E-state index contributed by atoms with van der Waals surface area (Å²) in [4.78, 5) is 31.4. The Morgan fingerprint density at radius 3 is 2.08 bits per heavy atom. The van der Waals surface area contributed by atoms with Gasteiger partial charge in [0.1, 0.15) is 5.78 Å². The molecule has 0 fully saturated rings. The summed E-state index contributed by atoms with van der Waals surface area (Å²) in [7, 11) is 0. The van der Waals surface area contributed by atoms with Gasteiger partial charge < -0.3 is 5.11 Å². The topological polar surface area (TPSA) is 71.4 Å². The minimum atomic E-state index is -1.54. The first kappa shape index (κ1) is 10.8. The standard InChI is InChI=1S/C8H12O4/c1-5(2)3-6(9)4-7(10)8(11)12/h5H,3-4H2,1-2H3,(H,11,12). The quantitative estimate of drug-likeness (QED) is 0.488. The van der Waals surface area contributed by atoms with Crippen LogP contribution in [0.25, 0.3) is 0 Å². The number of aliphatic carboxylic acids is 1. The van der Waals surface area contributed by atoms with Gasteiger partial charge in [-0.2, -0.15) is 0 Å². The minimum Gasteiger partial charge on any atom is -0.475 e. The number of rotatable bonds is 5. The number of hydrogen-bond acceptors (Lipinski definition) is 3. The zero-order valence-corrected chi connectivity index (χ0v) is 7.16. The van der Waals surface area contributed by atoms with Gasteiger partial charge in [-0.1, -0.05) is 13.8 Å². The SMILES string of the molecule is CC(C)CC(=O)CC(=O)C(=O)O. The van der Waals surface area contributed by atoms with Crippen LogP contribution in [0.5, 0.6) is 0 Å². The van der Waals surface area contributed by atoms with Crippen molar-refractivity contribution in [2.24, 2.45) is 5.92 Å². The predicted molar refractivity (Wildman–Crippen MR) is 41.7 cm³/mol. The first-order valence-corrected chi connectivity index (χ1v) is 3.71. The van der Waals surface area contributed by atoms with Gasteiger partial charge in [0.15, 0.2) is 0 Å². The highest BCUT2D eigenvalue weighted by Gasteiger charge is 2.16. The fourth-order valence-corrected chi connectivity index (χ4v) is 0.782. The summed E-state index contributed by atoms with van der Waals surface area (Å²) in [5.74, 6) is -2.70. The average molecular weight is 172 g/mol. The molecule has 0 rings (SSSR count). The molecule has 0 aromatic carbocycles. The van der Waals surface area contributed by atoms with Crippen molar-refractivity contribution in [1.29, 1.82) is 0 Å². The Labute approximate surface area is 70.6 Å². The van der Waals surface area contributed by atoms with E-state index in [4.69, 9.17) is 5.11 Å². The number of carboxylic acids is 1. The van der Waals surface area contributed by atoms with Crippen molar-refractivity contribution in [3.63, 3.8) is 0 Å². The predicted octanol–water partition coefficient (Wildman–Crippen LogP) is 0.645. The van der Waals surface area contributed by atoms with Crippen LogP contribution >= 0.6 is 0 Å². The Hall–Kier alpha value is -1.19. The molecular formula is C8H12O4. The summed E-state index contributed by atoms with van der Waals surface area (Å²) in [5.41, 5.74) is 0. The van der Waals surface area contributed by atoms with Crippen molar-refractivity contribution in [3.05, 3.63) is 0 Å². The van der Waals surface area contributed by atoms with Crippen molar-refractivity contribution in [2.75, 3.05) is 0 Å². The number of carboxylic acid groups (broad SMARTS) is 1. The van der Waals surface area contributed by atoms with E-state index in [0.29, 0.717) is 0 Å². The normalized spacial score (nSPS) is 9.92. The summed E-state index contributed by atoms with van der Waals surface area (Å²) in [5, 5.41) is 8.16. The smallest absolute Gasteiger partial charge is 0.372 e. The maximum Gasteiger partial charge on any atom is 0.372 e. The molecule has 0 aliphatic rings. The van der Waals surface area contributed by atoms with E-state index in [0.717, 1.165) is 0 Å². The maximum absolute atomic E-state index is 10.9. The summed E-state index contributed by atoms with van der Waals surface area (Å²) < 4.78 is 0. The fourth-order valence-electron chi connectivity index (χ4n) is 0.782. The molecule has 0 aliphatic heterocycles. The lowest BCUT2D eigenvalue weighted by Gasteiger charge is -2.00. The van der Waals surface area contributed by atoms with Gasteiger partial charge in [0, 0.05) is 6.42 Å². The van der Waals surface area contributed by atoms with Gasteiger partial charge in [0.2, 0.25) is 5.78 Å². The fraction of sp³-hybridized carbons (Fsp3) is 0.625. The molecular weight excluding hydrogens is 160 g/mol. The largest absolute Gasteiger partial charge is 0.475 e. The van der Waals surface area contributed by atoms with Gasteiger partial charge in [0.05, 0.1) is 6.42 Å². The van der Waals surface area contributed by atoms with E-state index >= 15 is 0 Å². The van der Waals surface area contributed by atoms with E-state index < -0.39 is 18.2 Å². The lowest BCUT2D eigenvalue weighted by atomic mass is 10.0. The number of carbonyl (C=O) groups is 3. The average Bonchev–Trinajstić information content (AvgIpc) is 1.84. The Morgan fingerprint density at radius 2 is 1.75 bits per heavy atom. The summed E-state index contributed by atoms with van der Waals surface area (Å²) >= 11 is 0. The lowest BCUT2D eigenvalue weighted by molar-refractivity contribution is -0.150. The molecule has 0 aromatic rings.